The van der Waals surface area contributed by atoms with Crippen molar-refractivity contribution in [3.8, 4) is 5.75 Å². The molecule has 1 unspecified atom stereocenters. The number of carbonyl (C=O) groups is 12. The first-order valence-electron chi connectivity index (χ1n) is 30.5. The van der Waals surface area contributed by atoms with Crippen molar-refractivity contribution in [2.45, 2.75) is 150 Å². The summed E-state index contributed by atoms with van der Waals surface area (Å²) >= 11 is 1.59. The van der Waals surface area contributed by atoms with Crippen molar-refractivity contribution in [2.24, 2.45) is 41.2 Å². The van der Waals surface area contributed by atoms with Crippen LogP contribution in [0.1, 0.15) is 103 Å². The lowest BCUT2D eigenvalue weighted by atomic mass is 9.81. The van der Waals surface area contributed by atoms with Crippen LogP contribution in [-0.4, -0.2) is 210 Å². The van der Waals surface area contributed by atoms with E-state index >= 15 is 9.00 Å². The fourth-order valence-electron chi connectivity index (χ4n) is 12.9. The van der Waals surface area contributed by atoms with E-state index in [1.54, 1.807) is 37.7 Å². The van der Waals surface area contributed by atoms with Gasteiger partial charge in [0.05, 0.1) is 73.5 Å². The molecule has 10 amide bonds. The molecule has 1 aromatic heterocycles. The van der Waals surface area contributed by atoms with E-state index in [4.69, 9.17) is 10.5 Å². The molecule has 11 N–H and O–H groups in total. The van der Waals surface area contributed by atoms with Crippen LogP contribution in [0.25, 0.3) is 10.9 Å². The predicted octanol–water partition coefficient (Wildman–Crippen LogP) is -1.48. The first-order chi connectivity index (χ1) is 42.4. The number of aromatic nitrogens is 1. The van der Waals surface area contributed by atoms with Crippen LogP contribution in [0, 0.1) is 35.5 Å². The third kappa shape index (κ3) is 16.3. The normalized spacial score (nSPS) is 28.7. The Morgan fingerprint density at radius 2 is 1.54 bits per heavy atom. The van der Waals surface area contributed by atoms with Gasteiger partial charge in [0.2, 0.25) is 47.3 Å². The molecular weight excluding hydrogens is 1200 g/mol. The highest BCUT2D eigenvalue weighted by Crippen LogP contribution is 2.40. The number of thioether (sulfide) groups is 1. The third-order valence-corrected chi connectivity index (χ3v) is 21.2. The molecule has 2 saturated heterocycles. The molecule has 486 valence electrons. The summed E-state index contributed by atoms with van der Waals surface area (Å²) in [7, 11) is -0.951. The van der Waals surface area contributed by atoms with Crippen LogP contribution in [0.2, 0.25) is 0 Å². The number of imide groups is 1. The molecule has 1 aromatic carbocycles. The second-order valence-electron chi connectivity index (χ2n) is 24.4. The van der Waals surface area contributed by atoms with Crippen LogP contribution in [-0.2, 0) is 80.5 Å². The molecule has 1 aliphatic carbocycles. The zero-order chi connectivity index (χ0) is 64.5. The second-order valence-corrected chi connectivity index (χ2v) is 27.1. The monoisotopic (exact) mass is 1280 g/mol. The Morgan fingerprint density at radius 3 is 2.19 bits per heavy atom. The van der Waals surface area contributed by atoms with Gasteiger partial charge < -0.3 is 67.2 Å². The zero-order valence-corrected chi connectivity index (χ0v) is 52.1. The molecule has 6 heterocycles. The van der Waals surface area contributed by atoms with Gasteiger partial charge in [-0.25, -0.2) is 0 Å². The summed E-state index contributed by atoms with van der Waals surface area (Å²) in [5.74, 6) is -13.2. The van der Waals surface area contributed by atoms with Gasteiger partial charge >= 0.3 is 0 Å². The number of H-pyrrole nitrogens is 1. The van der Waals surface area contributed by atoms with E-state index in [1.165, 1.54) is 31.1 Å². The number of ether oxygens (including phenoxy) is 1. The van der Waals surface area contributed by atoms with Crippen molar-refractivity contribution >= 4 is 104 Å². The number of amides is 10. The fourth-order valence-corrected chi connectivity index (χ4v) is 15.5. The highest BCUT2D eigenvalue weighted by molar-refractivity contribution is 7.99. The Kier molecular flexibility index (Phi) is 23.0. The smallest absolute Gasteiger partial charge is 0.253 e. The molecule has 1 saturated carbocycles. The SMILES string of the molecule is CC[C@H](C)[C@@H]1CC(=O)CNC(=O)[C@H]2CC(=O)[C@H]([C@@H](C)[C@@H](O)CO)NC(=O)[C@@H]3C[C@@H](O)CN3C(=O)[C@H](CC(N)=O)NC(=O)[C@H](CS(=O)c3[nH]c4c(CSC5CCN(C(=O)C6CCC(CN7C(=O)C=CC7=O)CC6)CC5)c(OC)ccc4c3C2)NC(=O)CNC1=O. The number of ketones is 2. The molecule has 2 aromatic rings. The van der Waals surface area contributed by atoms with E-state index in [1.807, 2.05) is 4.90 Å². The first kappa shape index (κ1) is 67.8. The van der Waals surface area contributed by atoms with Gasteiger partial charge in [-0.2, -0.15) is 11.8 Å². The number of primary amides is 1. The van der Waals surface area contributed by atoms with E-state index < -0.39 is 181 Å². The van der Waals surface area contributed by atoms with Gasteiger partial charge in [-0.3, -0.25) is 66.6 Å². The number of fused-ring (bicyclic) bond motifs is 5. The Morgan fingerprint density at radius 1 is 0.854 bits per heavy atom. The maximum absolute atomic E-state index is 15.5. The van der Waals surface area contributed by atoms with Crippen LogP contribution in [0.15, 0.2) is 29.3 Å². The number of carbonyl (C=O) groups excluding carboxylic acids is 12. The maximum atomic E-state index is 15.5. The summed E-state index contributed by atoms with van der Waals surface area (Å²) in [5.41, 5.74) is 6.79. The number of nitrogens with two attached hydrogens (primary N) is 1. The van der Waals surface area contributed by atoms with E-state index in [2.05, 4.69) is 31.6 Å². The summed E-state index contributed by atoms with van der Waals surface area (Å²) in [4.78, 5) is 174. The number of piperidine rings is 1. The molecule has 8 rings (SSSR count). The van der Waals surface area contributed by atoms with Crippen molar-refractivity contribution in [1.82, 2.24) is 46.3 Å². The predicted molar refractivity (Wildman–Crippen MR) is 322 cm³/mol. The van der Waals surface area contributed by atoms with Crippen LogP contribution in [0.5, 0.6) is 5.75 Å². The summed E-state index contributed by atoms with van der Waals surface area (Å²) in [6, 6.07) is -3.62. The lowest BCUT2D eigenvalue weighted by molar-refractivity contribution is -0.144. The molecule has 89 heavy (non-hydrogen) atoms. The number of hydrogen-bond acceptors (Lipinski definition) is 18. The lowest BCUT2D eigenvalue weighted by Crippen LogP contribution is -2.60. The van der Waals surface area contributed by atoms with Crippen LogP contribution < -0.4 is 37.1 Å². The van der Waals surface area contributed by atoms with E-state index in [0.717, 1.165) is 4.90 Å². The third-order valence-electron chi connectivity index (χ3n) is 18.4. The Balaban J connectivity index is 1.16. The lowest BCUT2D eigenvalue weighted by Gasteiger charge is -2.36. The molecular formula is C60H82N10O17S2. The van der Waals surface area contributed by atoms with Gasteiger partial charge in [-0.05, 0) is 74.5 Å². The zero-order valence-electron chi connectivity index (χ0n) is 50.5. The number of aromatic amines is 1. The molecule has 2 bridgehead atoms. The number of methoxy groups -OCH3 is 1. The number of nitrogens with zero attached hydrogens (tertiary/aromatic N) is 3. The largest absolute Gasteiger partial charge is 0.496 e. The summed E-state index contributed by atoms with van der Waals surface area (Å²) in [6.07, 6.45) is 1.20. The van der Waals surface area contributed by atoms with Crippen molar-refractivity contribution < 1.29 is 81.8 Å². The number of rotatable bonds is 14. The Bertz CT molecular complexity index is 3120. The highest BCUT2D eigenvalue weighted by atomic mass is 32.2. The summed E-state index contributed by atoms with van der Waals surface area (Å²) < 4.78 is 21.4. The number of benzene rings is 1. The van der Waals surface area contributed by atoms with E-state index in [0.29, 0.717) is 92.5 Å². The van der Waals surface area contributed by atoms with Crippen LogP contribution in [0.3, 0.4) is 0 Å². The topological polar surface area (TPSA) is 404 Å². The molecule has 3 fully saturated rings. The van der Waals surface area contributed by atoms with Gasteiger partial charge in [0.15, 0.2) is 11.6 Å². The average molecular weight is 1280 g/mol. The number of nitrogens with one attached hydrogen (secondary N) is 6. The minimum atomic E-state index is -2.41. The summed E-state index contributed by atoms with van der Waals surface area (Å²) in [5, 5.41) is 45.2. The Hall–Kier alpha value is -7.08. The number of likely N-dealkylation sites (tertiary alicyclic amines) is 1. The minimum absolute atomic E-state index is 0.0517. The molecule has 5 aliphatic heterocycles. The average Bonchev–Trinajstić information content (AvgIpc) is 2.00. The molecule has 6 aliphatic rings. The quantitative estimate of drug-likeness (QED) is 0.0964. The maximum Gasteiger partial charge on any atom is 0.253 e. The number of aliphatic hydroxyl groups excluding tert-OH is 3. The van der Waals surface area contributed by atoms with Gasteiger partial charge in [0.1, 0.15) is 28.9 Å². The van der Waals surface area contributed by atoms with Crippen molar-refractivity contribution in [3.63, 3.8) is 0 Å². The minimum Gasteiger partial charge on any atom is -0.496 e. The first-order valence-corrected chi connectivity index (χ1v) is 32.8. The van der Waals surface area contributed by atoms with Gasteiger partial charge in [-0.1, -0.05) is 27.2 Å². The molecule has 0 radical (unpaired) electrons. The second kappa shape index (κ2) is 30.2. The fraction of sp³-hybridized carbons (Fsp3) is 0.633. The van der Waals surface area contributed by atoms with Gasteiger partial charge in [0.25, 0.3) is 11.8 Å². The van der Waals surface area contributed by atoms with Crippen LogP contribution in [0.4, 0.5) is 0 Å². The standard InChI is InChI=1S/C60H82N10O17S2/c1-5-30(2)39-20-35(72)23-62-54(80)34-18-40-38-10-11-47(87-4)41(28-88-37-14-16-68(17-15-37)59(84)33-8-6-32(7-9-33)25-70-50(78)12-13-51(70)79)53(38)67-58(40)89(86)29-43(64-49(77)24-63-55(39)81)56(82)65-42(22-48(61)76)60(85)69-26-36(73)21-44(69)57(83)66-52(45(74)19-34)31(3)46(75)27-71/h10-13,30-34,36-37,39,42-44,46,52,67,71,73,75H,5-9,14-29H2,1-4H3,(H2,61,76)(H,62,80)(H,63,81)(H,64,77)(H,65,82)(H,66,83)/t30-,31-,32?,33?,34+,36+,39-,42-,43-,44-,46-,52-,89?/m0/s1. The van der Waals surface area contributed by atoms with E-state index in [-0.39, 0.29) is 51.8 Å². The number of Topliss-reactive ketones (excluding diaryl/α,β-unsaturated/α-hetero) is 2. The molecule has 0 spiro atoms. The Labute approximate surface area is 521 Å². The molecule has 29 heteroatoms. The summed E-state index contributed by atoms with van der Waals surface area (Å²) in [6.45, 7) is 3.46. The van der Waals surface area contributed by atoms with Crippen molar-refractivity contribution in [1.29, 1.82) is 0 Å². The molecule has 11 atom stereocenters. The van der Waals surface area contributed by atoms with Gasteiger partial charge in [-0.15, -0.1) is 0 Å². The highest BCUT2D eigenvalue weighted by Gasteiger charge is 2.46. The number of hydrogen-bond donors (Lipinski definition) is 10. The van der Waals surface area contributed by atoms with Gasteiger partial charge in [0, 0.05) is 103 Å². The number of aliphatic hydroxyl groups is 3. The van der Waals surface area contributed by atoms with Crippen molar-refractivity contribution in [3.05, 3.63) is 35.4 Å². The van der Waals surface area contributed by atoms with Crippen molar-refractivity contribution in [2.75, 3.05) is 58.7 Å². The van der Waals surface area contributed by atoms with E-state index in [9.17, 15) is 68.1 Å². The van der Waals surface area contributed by atoms with Crippen LogP contribution >= 0.6 is 11.8 Å². The molecule has 27 nitrogen and oxygen atoms in total.